The van der Waals surface area contributed by atoms with Gasteiger partial charge in [0.05, 0.1) is 11.0 Å². The van der Waals surface area contributed by atoms with E-state index in [1.807, 2.05) is 0 Å². The van der Waals surface area contributed by atoms with Crippen LogP contribution in [0.25, 0.3) is 0 Å². The second kappa shape index (κ2) is 4.75. The summed E-state index contributed by atoms with van der Waals surface area (Å²) in [6.45, 7) is 1.66. The average Bonchev–Trinajstić information content (AvgIpc) is 2.96. The van der Waals surface area contributed by atoms with Crippen LogP contribution in [0.2, 0.25) is 0 Å². The number of nitrogens with two attached hydrogens (primary N) is 1. The van der Waals surface area contributed by atoms with Crippen LogP contribution in [-0.2, 0) is 0 Å². The van der Waals surface area contributed by atoms with E-state index in [9.17, 15) is 10.1 Å². The molecular formula is C14H22N4O2. The highest BCUT2D eigenvalue weighted by molar-refractivity contribution is 5.56. The van der Waals surface area contributed by atoms with Gasteiger partial charge in [0.25, 0.3) is 0 Å². The van der Waals surface area contributed by atoms with E-state index in [2.05, 4.69) is 5.10 Å². The molecule has 0 unspecified atom stereocenters. The molecule has 2 aliphatic rings. The lowest BCUT2D eigenvalue weighted by atomic mass is 9.71. The van der Waals surface area contributed by atoms with Gasteiger partial charge < -0.3 is 5.73 Å². The van der Waals surface area contributed by atoms with E-state index in [0.717, 1.165) is 12.8 Å². The fourth-order valence-corrected chi connectivity index (χ4v) is 4.15. The number of nitrogens with zero attached hydrogens (tertiary/aromatic N) is 3. The van der Waals surface area contributed by atoms with Gasteiger partial charge in [-0.3, -0.25) is 10.1 Å². The Balaban J connectivity index is 1.78. The first-order valence-electron chi connectivity index (χ1n) is 7.51. The molecular weight excluding hydrogens is 256 g/mol. The van der Waals surface area contributed by atoms with E-state index in [1.165, 1.54) is 38.5 Å². The van der Waals surface area contributed by atoms with E-state index < -0.39 is 4.92 Å². The summed E-state index contributed by atoms with van der Waals surface area (Å²) in [6.07, 6.45) is 9.94. The normalized spacial score (nSPS) is 22.4. The van der Waals surface area contributed by atoms with Crippen molar-refractivity contribution in [3.8, 4) is 0 Å². The quantitative estimate of drug-likeness (QED) is 0.663. The van der Waals surface area contributed by atoms with Gasteiger partial charge in [-0.2, -0.15) is 5.10 Å². The molecule has 0 saturated heterocycles. The maximum Gasteiger partial charge on any atom is 0.333 e. The molecule has 6 heteroatoms. The molecule has 3 rings (SSSR count). The fraction of sp³-hybridized carbons (Fsp3) is 0.786. The smallest absolute Gasteiger partial charge is 0.333 e. The zero-order valence-electron chi connectivity index (χ0n) is 12.0. The number of aromatic nitrogens is 2. The minimum atomic E-state index is -0.421. The molecule has 110 valence electrons. The molecule has 2 saturated carbocycles. The minimum absolute atomic E-state index is 0.0221. The number of hydrogen-bond donors (Lipinski definition) is 1. The van der Waals surface area contributed by atoms with Crippen molar-refractivity contribution in [1.82, 2.24) is 9.78 Å². The summed E-state index contributed by atoms with van der Waals surface area (Å²) >= 11 is 0. The number of hydrogen-bond acceptors (Lipinski definition) is 4. The molecule has 1 heterocycles. The first-order chi connectivity index (χ1) is 9.52. The van der Waals surface area contributed by atoms with E-state index in [4.69, 9.17) is 5.73 Å². The lowest BCUT2D eigenvalue weighted by molar-refractivity contribution is -0.384. The predicted octanol–water partition coefficient (Wildman–Crippen LogP) is 3.36. The minimum Gasteiger partial charge on any atom is -0.378 e. The first kappa shape index (κ1) is 13.4. The van der Waals surface area contributed by atoms with E-state index in [0.29, 0.717) is 11.1 Å². The lowest BCUT2D eigenvalue weighted by Crippen LogP contribution is -2.27. The third-order valence-corrected chi connectivity index (χ3v) is 5.30. The van der Waals surface area contributed by atoms with Crippen LogP contribution in [0.3, 0.4) is 0 Å². The largest absolute Gasteiger partial charge is 0.378 e. The van der Waals surface area contributed by atoms with Crippen LogP contribution >= 0.6 is 0 Å². The van der Waals surface area contributed by atoms with Crippen LogP contribution in [-0.4, -0.2) is 14.7 Å². The Labute approximate surface area is 118 Å². The van der Waals surface area contributed by atoms with E-state index in [1.54, 1.807) is 11.6 Å². The highest BCUT2D eigenvalue weighted by Crippen LogP contribution is 2.51. The van der Waals surface area contributed by atoms with Gasteiger partial charge in [-0.05, 0) is 50.9 Å². The molecule has 0 aliphatic heterocycles. The fourth-order valence-electron chi connectivity index (χ4n) is 4.15. The summed E-state index contributed by atoms with van der Waals surface area (Å²) in [6, 6.07) is 0.230. The van der Waals surface area contributed by atoms with Crippen LogP contribution in [0.15, 0.2) is 0 Å². The Morgan fingerprint density at radius 2 is 1.90 bits per heavy atom. The molecule has 0 atom stereocenters. The van der Waals surface area contributed by atoms with Gasteiger partial charge in [-0.15, -0.1) is 0 Å². The number of aryl methyl sites for hydroxylation is 1. The summed E-state index contributed by atoms with van der Waals surface area (Å²) in [5, 5.41) is 15.3. The summed E-state index contributed by atoms with van der Waals surface area (Å²) < 4.78 is 1.70. The van der Waals surface area contributed by atoms with Crippen molar-refractivity contribution in [2.45, 2.75) is 64.3 Å². The van der Waals surface area contributed by atoms with Crippen molar-refractivity contribution in [3.63, 3.8) is 0 Å². The number of nitrogen functional groups attached to an aromatic ring is 1. The van der Waals surface area contributed by atoms with Crippen molar-refractivity contribution in [3.05, 3.63) is 15.8 Å². The maximum atomic E-state index is 11.0. The molecule has 0 aromatic carbocycles. The topological polar surface area (TPSA) is 87.0 Å². The summed E-state index contributed by atoms with van der Waals surface area (Å²) in [5.74, 6) is 0.222. The third-order valence-electron chi connectivity index (χ3n) is 5.30. The Morgan fingerprint density at radius 1 is 1.30 bits per heavy atom. The van der Waals surface area contributed by atoms with E-state index >= 15 is 0 Å². The van der Waals surface area contributed by atoms with Crippen molar-refractivity contribution in [2.75, 3.05) is 5.73 Å². The highest BCUT2D eigenvalue weighted by Gasteiger charge is 2.39. The molecule has 1 spiro atoms. The van der Waals surface area contributed by atoms with Crippen LogP contribution in [0, 0.1) is 22.5 Å². The zero-order chi connectivity index (χ0) is 14.3. The van der Waals surface area contributed by atoms with Gasteiger partial charge in [0, 0.05) is 0 Å². The second-order valence-electron chi connectivity index (χ2n) is 6.46. The predicted molar refractivity (Wildman–Crippen MR) is 76.4 cm³/mol. The zero-order valence-corrected chi connectivity index (χ0v) is 12.0. The Morgan fingerprint density at radius 3 is 2.40 bits per heavy atom. The molecule has 2 N–H and O–H groups in total. The monoisotopic (exact) mass is 278 g/mol. The van der Waals surface area contributed by atoms with Gasteiger partial charge >= 0.3 is 5.69 Å². The van der Waals surface area contributed by atoms with Crippen LogP contribution < -0.4 is 5.73 Å². The summed E-state index contributed by atoms with van der Waals surface area (Å²) in [4.78, 5) is 10.6. The Bertz CT molecular complexity index is 522. The molecule has 20 heavy (non-hydrogen) atoms. The van der Waals surface area contributed by atoms with Crippen molar-refractivity contribution < 1.29 is 4.92 Å². The SMILES string of the molecule is Cc1nn(C2CCC3(CCCC3)CC2)c(N)c1[N+](=O)[O-]. The summed E-state index contributed by atoms with van der Waals surface area (Å²) in [7, 11) is 0. The van der Waals surface area contributed by atoms with Crippen molar-refractivity contribution in [2.24, 2.45) is 5.41 Å². The molecule has 1 aromatic heterocycles. The van der Waals surface area contributed by atoms with Gasteiger partial charge in [0.15, 0.2) is 0 Å². The molecule has 0 radical (unpaired) electrons. The van der Waals surface area contributed by atoms with Crippen LogP contribution in [0.5, 0.6) is 0 Å². The van der Waals surface area contributed by atoms with Gasteiger partial charge in [-0.25, -0.2) is 4.68 Å². The maximum absolute atomic E-state index is 11.0. The first-order valence-corrected chi connectivity index (χ1v) is 7.51. The van der Waals surface area contributed by atoms with Gasteiger partial charge in [0.1, 0.15) is 5.69 Å². The van der Waals surface area contributed by atoms with Crippen LogP contribution in [0.4, 0.5) is 11.5 Å². The summed E-state index contributed by atoms with van der Waals surface area (Å²) in [5.41, 5.74) is 6.90. The number of nitro groups is 1. The molecule has 2 aliphatic carbocycles. The highest BCUT2D eigenvalue weighted by atomic mass is 16.6. The molecule has 1 aromatic rings. The Hall–Kier alpha value is -1.59. The Kier molecular flexibility index (Phi) is 3.18. The van der Waals surface area contributed by atoms with Crippen molar-refractivity contribution in [1.29, 1.82) is 0 Å². The average molecular weight is 278 g/mol. The number of rotatable bonds is 2. The third kappa shape index (κ3) is 2.07. The molecule has 2 fully saturated rings. The van der Waals surface area contributed by atoms with E-state index in [-0.39, 0.29) is 17.5 Å². The van der Waals surface area contributed by atoms with Gasteiger partial charge in [-0.1, -0.05) is 12.8 Å². The molecule has 0 amide bonds. The van der Waals surface area contributed by atoms with Crippen LogP contribution in [0.1, 0.15) is 63.1 Å². The molecule has 0 bridgehead atoms. The van der Waals surface area contributed by atoms with Gasteiger partial charge in [0.2, 0.25) is 5.82 Å². The molecule has 6 nitrogen and oxygen atoms in total. The number of anilines is 1. The second-order valence-corrected chi connectivity index (χ2v) is 6.46. The van der Waals surface area contributed by atoms with Crippen molar-refractivity contribution >= 4 is 11.5 Å². The lowest BCUT2D eigenvalue weighted by Gasteiger charge is -2.37. The standard InChI is InChI=1S/C14H22N4O2/c1-10-12(18(19)20)13(15)17(16-10)11-4-8-14(9-5-11)6-2-3-7-14/h11H,2-9,15H2,1H3.